The van der Waals surface area contributed by atoms with Crippen molar-refractivity contribution in [3.63, 3.8) is 0 Å². The third kappa shape index (κ3) is 14.4. The number of aryl methyl sites for hydroxylation is 2. The first-order chi connectivity index (χ1) is 42.7. The number of rotatable bonds is 20. The van der Waals surface area contributed by atoms with Crippen molar-refractivity contribution >= 4 is 34.5 Å². The van der Waals surface area contributed by atoms with Crippen LogP contribution in [0.1, 0.15) is 58.5 Å². The van der Waals surface area contributed by atoms with Gasteiger partial charge in [-0.05, 0) is 96.8 Å². The molecule has 0 unspecified atom stereocenters. The van der Waals surface area contributed by atoms with E-state index >= 15 is 0 Å². The Morgan fingerprint density at radius 1 is 0.636 bits per heavy atom. The second kappa shape index (κ2) is 27.3. The van der Waals surface area contributed by atoms with Gasteiger partial charge < -0.3 is 39.1 Å². The quantitative estimate of drug-likeness (QED) is 0.0679. The number of nitrogens with one attached hydrogen (secondary N) is 2. The van der Waals surface area contributed by atoms with E-state index in [1.807, 2.05) is 48.5 Å². The normalized spacial score (nSPS) is 15.5. The van der Waals surface area contributed by atoms with E-state index < -0.39 is 25.0 Å². The first-order valence-corrected chi connectivity index (χ1v) is 28.4. The molecular formula is C62H62F4N14O8. The lowest BCUT2D eigenvalue weighted by atomic mass is 10.1. The maximum atomic E-state index is 13.4. The van der Waals surface area contributed by atoms with Crippen molar-refractivity contribution in [2.45, 2.75) is 65.1 Å². The molecule has 22 nitrogen and oxygen atoms in total. The number of hydrogen-bond acceptors (Lipinski definition) is 16. The lowest BCUT2D eigenvalue weighted by molar-refractivity contribution is -0.0501. The highest BCUT2D eigenvalue weighted by molar-refractivity contribution is 6.10. The zero-order valence-electron chi connectivity index (χ0n) is 48.4. The number of carbonyl (C=O) groups is 2. The van der Waals surface area contributed by atoms with Gasteiger partial charge in [-0.15, -0.1) is 0 Å². The fourth-order valence-corrected chi connectivity index (χ4v) is 10.4. The molecule has 6 aromatic heterocycles. The monoisotopic (exact) mass is 1210 g/mol. The molecule has 0 bridgehead atoms. The van der Waals surface area contributed by atoms with Gasteiger partial charge in [0.2, 0.25) is 0 Å². The van der Waals surface area contributed by atoms with E-state index in [1.54, 1.807) is 87.7 Å². The van der Waals surface area contributed by atoms with E-state index in [0.29, 0.717) is 60.2 Å². The Bertz CT molecular complexity index is 4060. The number of amides is 2. The van der Waals surface area contributed by atoms with Crippen LogP contribution in [0.5, 0.6) is 34.5 Å². The summed E-state index contributed by atoms with van der Waals surface area (Å²) < 4.78 is 93.1. The smallest absolute Gasteiger partial charge is 0.387 e. The minimum Gasteiger partial charge on any atom is -0.457 e. The number of carbonyl (C=O) groups excluding carboxylic acids is 2. The van der Waals surface area contributed by atoms with Crippen molar-refractivity contribution in [1.82, 2.24) is 58.6 Å². The molecule has 2 aliphatic rings. The van der Waals surface area contributed by atoms with E-state index in [0.717, 1.165) is 56.7 Å². The van der Waals surface area contributed by atoms with Gasteiger partial charge in [0.25, 0.3) is 11.8 Å². The Morgan fingerprint density at radius 3 is 1.67 bits per heavy atom. The highest BCUT2D eigenvalue weighted by Crippen LogP contribution is 2.41. The van der Waals surface area contributed by atoms with Gasteiger partial charge in [0.05, 0.1) is 60.8 Å². The second-order valence-corrected chi connectivity index (χ2v) is 20.7. The van der Waals surface area contributed by atoms with Crippen molar-refractivity contribution in [1.29, 1.82) is 0 Å². The maximum Gasteiger partial charge on any atom is 0.387 e. The van der Waals surface area contributed by atoms with Crippen LogP contribution in [0.4, 0.5) is 28.9 Å². The topological polar surface area (TPSA) is 216 Å². The molecule has 0 spiro atoms. The number of anilines is 2. The van der Waals surface area contributed by atoms with E-state index in [2.05, 4.69) is 64.6 Å². The molecule has 0 aliphatic carbocycles. The molecule has 2 N–H and O–H groups in total. The number of fused-ring (bicyclic) bond motifs is 2. The number of benzene rings is 4. The molecule has 10 aromatic rings. The molecule has 2 amide bonds. The molecule has 2 fully saturated rings. The SMILES string of the molecule is CC[C@@H]1CN(Cc2cccc(Oc3ccc(OC(F)F)c(-c4nn(C)cc4NC(=O)c4cnn5cccnc45)c3)c2)CCO1.CC[C@H]1COCCN1Cc1cccc(Oc2ccc(OC(F)F)c(-c3nn(C)cc3NC(=O)c3cnn4cccnc34)c2)c1. The van der Waals surface area contributed by atoms with Crippen molar-refractivity contribution < 1.29 is 55.6 Å². The van der Waals surface area contributed by atoms with Gasteiger partial charge in [-0.3, -0.25) is 28.8 Å². The van der Waals surface area contributed by atoms with Gasteiger partial charge in [0.15, 0.2) is 11.3 Å². The predicted octanol–water partition coefficient (Wildman–Crippen LogP) is 10.8. The molecule has 2 saturated heterocycles. The maximum absolute atomic E-state index is 13.4. The molecule has 8 heterocycles. The van der Waals surface area contributed by atoms with Gasteiger partial charge in [-0.1, -0.05) is 38.1 Å². The lowest BCUT2D eigenvalue weighted by Gasteiger charge is -2.35. The number of alkyl halides is 4. The van der Waals surface area contributed by atoms with Crippen molar-refractivity contribution in [3.05, 3.63) is 169 Å². The third-order valence-corrected chi connectivity index (χ3v) is 14.6. The fourth-order valence-electron chi connectivity index (χ4n) is 10.4. The Morgan fingerprint density at radius 2 is 1.16 bits per heavy atom. The number of morpholine rings is 2. The molecule has 456 valence electrons. The van der Waals surface area contributed by atoms with Gasteiger partial charge in [-0.2, -0.15) is 38.0 Å². The number of ether oxygens (including phenoxy) is 6. The molecule has 12 rings (SSSR count). The molecule has 88 heavy (non-hydrogen) atoms. The van der Waals surface area contributed by atoms with Gasteiger partial charge in [0, 0.05) is 90.0 Å². The minimum absolute atomic E-state index is 0.120. The first-order valence-electron chi connectivity index (χ1n) is 28.4. The molecule has 0 radical (unpaired) electrons. The van der Waals surface area contributed by atoms with Crippen LogP contribution < -0.4 is 29.6 Å². The Hall–Kier alpha value is -9.76. The number of hydrogen-bond donors (Lipinski definition) is 2. The van der Waals surface area contributed by atoms with E-state index in [1.165, 1.54) is 42.9 Å². The summed E-state index contributed by atoms with van der Waals surface area (Å²) in [6, 6.07) is 28.3. The molecule has 2 aliphatic heterocycles. The fraction of sp³-hybridized carbons (Fsp3) is 0.290. The lowest BCUT2D eigenvalue weighted by Crippen LogP contribution is -2.44. The van der Waals surface area contributed by atoms with Crippen LogP contribution in [-0.4, -0.2) is 135 Å². The number of halogens is 4. The van der Waals surface area contributed by atoms with Crippen LogP contribution in [0.2, 0.25) is 0 Å². The Labute approximate surface area is 502 Å². The largest absolute Gasteiger partial charge is 0.457 e. The average Bonchev–Trinajstić information content (AvgIpc) is 2.46. The summed E-state index contributed by atoms with van der Waals surface area (Å²) in [7, 11) is 3.32. The average molecular weight is 1210 g/mol. The zero-order chi connectivity index (χ0) is 61.3. The molecule has 4 aromatic carbocycles. The second-order valence-electron chi connectivity index (χ2n) is 20.7. The van der Waals surface area contributed by atoms with Crippen molar-refractivity contribution in [2.24, 2.45) is 14.1 Å². The summed E-state index contributed by atoms with van der Waals surface area (Å²) >= 11 is 0. The van der Waals surface area contributed by atoms with Crippen LogP contribution >= 0.6 is 0 Å². The van der Waals surface area contributed by atoms with Gasteiger partial charge in [-0.25, -0.2) is 19.0 Å². The summed E-state index contributed by atoms with van der Waals surface area (Å²) in [6.45, 7) is 4.34. The molecule has 2 atom stereocenters. The van der Waals surface area contributed by atoms with Crippen LogP contribution in [0.3, 0.4) is 0 Å². The first kappa shape index (κ1) is 59.9. The van der Waals surface area contributed by atoms with Crippen LogP contribution in [0.25, 0.3) is 33.8 Å². The van der Waals surface area contributed by atoms with Crippen LogP contribution in [-0.2, 0) is 36.7 Å². The van der Waals surface area contributed by atoms with E-state index in [-0.39, 0.29) is 62.6 Å². The summed E-state index contributed by atoms with van der Waals surface area (Å²) in [6.07, 6.45) is 14.6. The highest BCUT2D eigenvalue weighted by Gasteiger charge is 2.26. The Kier molecular flexibility index (Phi) is 18.6. The summed E-state index contributed by atoms with van der Waals surface area (Å²) in [5.41, 5.74) is 4.81. The van der Waals surface area contributed by atoms with E-state index in [9.17, 15) is 27.2 Å². The summed E-state index contributed by atoms with van der Waals surface area (Å²) in [5.74, 6) is 0.728. The van der Waals surface area contributed by atoms with Crippen LogP contribution in [0.15, 0.2) is 147 Å². The van der Waals surface area contributed by atoms with Gasteiger partial charge in [0.1, 0.15) is 57.0 Å². The molecule has 26 heteroatoms. The third-order valence-electron chi connectivity index (χ3n) is 14.6. The number of nitrogens with zero attached hydrogens (tertiary/aromatic N) is 12. The Balaban J connectivity index is 0.000000182. The zero-order valence-corrected chi connectivity index (χ0v) is 48.4. The molecule has 0 saturated carbocycles. The summed E-state index contributed by atoms with van der Waals surface area (Å²) in [4.78, 5) is 39.7. The standard InChI is InChI=1S/2C31H31F2N7O4/c1-3-21-19-42-13-12-39(21)17-20-6-4-7-22(14-20)43-23-8-9-27(44-31(32)33)24(15-23)28-26(18-38(2)37-28)36-30(41)25-16-35-40-11-5-10-34-29(25)40;1-3-21-18-39(12-13-42-21)17-20-6-4-7-22(14-20)43-23-8-9-27(44-31(32)33)24(15-23)28-26(19-38(2)37-28)36-30(41)25-16-35-40-11-5-10-34-29(25)40/h4-11,14-16,18,21,31H,3,12-13,17,19H2,1-2H3,(H,36,41);4-11,14-16,19,21,31H,3,12-13,17-18H2,1-2H3,(H,36,41)/t2*21-/m01/s1. The summed E-state index contributed by atoms with van der Waals surface area (Å²) in [5, 5.41) is 22.9. The highest BCUT2D eigenvalue weighted by atomic mass is 19.3. The van der Waals surface area contributed by atoms with Gasteiger partial charge >= 0.3 is 13.2 Å². The molecular weight excluding hydrogens is 1140 g/mol. The van der Waals surface area contributed by atoms with Crippen LogP contribution in [0, 0.1) is 0 Å². The van der Waals surface area contributed by atoms with Crippen molar-refractivity contribution in [2.75, 3.05) is 50.1 Å². The predicted molar refractivity (Wildman–Crippen MR) is 316 cm³/mol. The number of aromatic nitrogens is 10. The minimum atomic E-state index is -3.07. The van der Waals surface area contributed by atoms with Crippen molar-refractivity contribution in [3.8, 4) is 57.0 Å². The van der Waals surface area contributed by atoms with E-state index in [4.69, 9.17) is 28.4 Å².